The first-order valence-electron chi connectivity index (χ1n) is 17.7. The fourth-order valence-corrected chi connectivity index (χ4v) is 19.1. The molecule has 6 fully saturated rings. The Balaban J connectivity index is 0.000000197. The van der Waals surface area contributed by atoms with Gasteiger partial charge in [0.05, 0.1) is 0 Å². The monoisotopic (exact) mass is 764 g/mol. The molecule has 6 aliphatic carbocycles. The molecule has 0 N–H and O–H groups in total. The SMILES string of the molecule is C1CCC(P(C2CCCCC2)C2CCCC2)CC1.C1CCC(P(C2CCCCC2)C2CCCC2)CC1.[Cl][Pd][Cl].[Fe]. The largest absolute Gasteiger partial charge is 0 e. The van der Waals surface area contributed by atoms with Gasteiger partial charge in [-0.25, -0.2) is 0 Å². The second-order valence-electron chi connectivity index (χ2n) is 14.0. The van der Waals surface area contributed by atoms with E-state index in [4.69, 9.17) is 19.1 Å². The molecule has 0 nitrogen and oxygen atoms in total. The summed E-state index contributed by atoms with van der Waals surface area (Å²) in [7, 11) is 10.4. The maximum absolute atomic E-state index is 4.81. The van der Waals surface area contributed by atoms with Gasteiger partial charge in [0.2, 0.25) is 0 Å². The van der Waals surface area contributed by atoms with Crippen LogP contribution in [0.1, 0.15) is 180 Å². The van der Waals surface area contributed by atoms with Crippen molar-refractivity contribution in [1.29, 1.82) is 0 Å². The Kier molecular flexibility index (Phi) is 20.6. The topological polar surface area (TPSA) is 0 Å². The summed E-state index contributed by atoms with van der Waals surface area (Å²) in [5.74, 6) is 0. The Morgan fingerprint density at radius 2 is 0.425 bits per heavy atom. The van der Waals surface area contributed by atoms with E-state index in [1.165, 1.54) is 59.6 Å². The zero-order valence-corrected chi connectivity index (χ0v) is 31.5. The molecule has 0 aromatic heterocycles. The minimum Gasteiger partial charge on any atom is 0 e. The average molecular weight is 766 g/mol. The molecule has 40 heavy (non-hydrogen) atoms. The fraction of sp³-hybridized carbons (Fsp3) is 1.00. The van der Waals surface area contributed by atoms with Crippen molar-refractivity contribution in [3.8, 4) is 0 Å². The van der Waals surface area contributed by atoms with E-state index in [0.717, 1.165) is 0 Å². The van der Waals surface area contributed by atoms with Crippen LogP contribution in [-0.4, -0.2) is 34.0 Å². The molecule has 0 heterocycles. The van der Waals surface area contributed by atoms with Crippen LogP contribution in [0.25, 0.3) is 0 Å². The predicted molar refractivity (Wildman–Crippen MR) is 178 cm³/mol. The van der Waals surface area contributed by atoms with Gasteiger partial charge < -0.3 is 0 Å². The second-order valence-corrected chi connectivity index (χ2v) is 22.5. The van der Waals surface area contributed by atoms with Crippen molar-refractivity contribution in [1.82, 2.24) is 0 Å². The molecule has 0 radical (unpaired) electrons. The number of hydrogen-bond acceptors (Lipinski definition) is 0. The van der Waals surface area contributed by atoms with Crippen LogP contribution in [0, 0.1) is 0 Å². The van der Waals surface area contributed by atoms with Crippen molar-refractivity contribution < 1.29 is 33.0 Å². The van der Waals surface area contributed by atoms with Gasteiger partial charge in [-0.05, 0) is 111 Å². The van der Waals surface area contributed by atoms with Crippen LogP contribution >= 0.6 is 34.9 Å². The molecule has 0 aromatic carbocycles. The summed E-state index contributed by atoms with van der Waals surface area (Å²) in [6.45, 7) is 0. The van der Waals surface area contributed by atoms with Crippen molar-refractivity contribution in [2.24, 2.45) is 0 Å². The molecule has 0 aromatic rings. The minimum atomic E-state index is -0.106. The minimum absolute atomic E-state index is 0. The van der Waals surface area contributed by atoms with Crippen molar-refractivity contribution in [2.45, 2.75) is 214 Å². The van der Waals surface area contributed by atoms with E-state index in [9.17, 15) is 0 Å². The maximum Gasteiger partial charge on any atom is 0 e. The Hall–Kier alpha value is 2.62. The van der Waals surface area contributed by atoms with E-state index < -0.39 is 0 Å². The Morgan fingerprint density at radius 1 is 0.300 bits per heavy atom. The molecule has 6 aliphatic rings. The van der Waals surface area contributed by atoms with Crippen molar-refractivity contribution >= 4 is 34.9 Å². The molecule has 0 saturated heterocycles. The zero-order valence-electron chi connectivity index (χ0n) is 25.6. The first kappa shape index (κ1) is 37.1. The quantitative estimate of drug-likeness (QED) is 0.187. The standard InChI is InChI=1S/2C17H31P.2ClH.Fe.Pd/c2*1-3-9-15(10-4-1)18(17-13-7-8-14-17)16-11-5-2-6-12-16;;;;/h2*15-17H,1-14H2;2*1H;;/q;;;;;+2/p-2. The summed E-state index contributed by atoms with van der Waals surface area (Å²) in [6.07, 6.45) is 44.2. The zero-order chi connectivity index (χ0) is 27.1. The Morgan fingerprint density at radius 3 is 0.575 bits per heavy atom. The van der Waals surface area contributed by atoms with E-state index in [1.54, 1.807) is 154 Å². The summed E-state index contributed by atoms with van der Waals surface area (Å²) in [6, 6.07) is 0. The van der Waals surface area contributed by atoms with Gasteiger partial charge in [0.25, 0.3) is 0 Å². The van der Waals surface area contributed by atoms with Gasteiger partial charge in [-0.15, -0.1) is 0 Å². The van der Waals surface area contributed by atoms with Gasteiger partial charge in [-0.3, -0.25) is 0 Å². The summed E-state index contributed by atoms with van der Waals surface area (Å²) in [4.78, 5) is 0. The van der Waals surface area contributed by atoms with Gasteiger partial charge in [0.15, 0.2) is 0 Å². The van der Waals surface area contributed by atoms with Crippen LogP contribution in [0.4, 0.5) is 0 Å². The van der Waals surface area contributed by atoms with Gasteiger partial charge in [0.1, 0.15) is 0 Å². The van der Waals surface area contributed by atoms with E-state index in [1.807, 2.05) is 0 Å². The smallest absolute Gasteiger partial charge is 0 e. The molecule has 6 heteroatoms. The van der Waals surface area contributed by atoms with Crippen LogP contribution < -0.4 is 0 Å². The molecule has 0 bridgehead atoms. The molecule has 240 valence electrons. The molecule has 0 amide bonds. The summed E-state index contributed by atoms with van der Waals surface area (Å²) in [5.41, 5.74) is 7.18. The van der Waals surface area contributed by atoms with Gasteiger partial charge in [0, 0.05) is 17.1 Å². The van der Waals surface area contributed by atoms with Crippen molar-refractivity contribution in [3.05, 3.63) is 0 Å². The van der Waals surface area contributed by atoms with Crippen molar-refractivity contribution in [2.75, 3.05) is 0 Å². The number of rotatable bonds is 6. The van der Waals surface area contributed by atoms with Crippen LogP contribution in [0.2, 0.25) is 0 Å². The Bertz CT molecular complexity index is 519. The predicted octanol–water partition coefficient (Wildman–Crippen LogP) is 13.5. The first-order valence-corrected chi connectivity index (χ1v) is 24.8. The number of hydrogen-bond donors (Lipinski definition) is 0. The van der Waals surface area contributed by atoms with Crippen LogP contribution in [0.3, 0.4) is 0 Å². The third-order valence-electron chi connectivity index (χ3n) is 11.5. The van der Waals surface area contributed by atoms with E-state index in [0.29, 0.717) is 15.8 Å². The van der Waals surface area contributed by atoms with Gasteiger partial charge in [-0.2, -0.15) is 0 Å². The summed E-state index contributed by atoms with van der Waals surface area (Å²) < 4.78 is 0. The van der Waals surface area contributed by atoms with Crippen LogP contribution in [0.15, 0.2) is 0 Å². The molecular weight excluding hydrogens is 703 g/mol. The molecule has 0 atom stereocenters. The summed E-state index contributed by atoms with van der Waals surface area (Å²) >= 11 is -0.106. The van der Waals surface area contributed by atoms with E-state index in [-0.39, 0.29) is 33.0 Å². The Labute approximate surface area is 279 Å². The molecular formula is C34H62Cl2FeP2Pd. The van der Waals surface area contributed by atoms with Gasteiger partial charge >= 0.3 is 35.0 Å². The van der Waals surface area contributed by atoms with E-state index in [2.05, 4.69) is 0 Å². The fourth-order valence-electron chi connectivity index (χ4n) is 9.71. The van der Waals surface area contributed by atoms with Crippen LogP contribution in [-0.2, 0) is 33.0 Å². The van der Waals surface area contributed by atoms with Gasteiger partial charge in [-0.1, -0.05) is 119 Å². The summed E-state index contributed by atoms with van der Waals surface area (Å²) in [5, 5.41) is 0. The third kappa shape index (κ3) is 12.1. The normalized spacial score (nSPS) is 26.8. The average Bonchev–Trinajstić information content (AvgIpc) is 3.72. The van der Waals surface area contributed by atoms with Crippen LogP contribution in [0.5, 0.6) is 0 Å². The third-order valence-corrected chi connectivity index (χ3v) is 19.6. The maximum atomic E-state index is 4.81. The molecule has 6 rings (SSSR count). The van der Waals surface area contributed by atoms with E-state index >= 15 is 0 Å². The molecule has 6 saturated carbocycles. The molecule has 0 aliphatic heterocycles. The number of halogens is 2. The van der Waals surface area contributed by atoms with Crippen molar-refractivity contribution in [3.63, 3.8) is 0 Å². The molecule has 0 spiro atoms. The molecule has 0 unspecified atom stereocenters. The first-order chi connectivity index (χ1) is 19.3. The second kappa shape index (κ2) is 22.2.